The van der Waals surface area contributed by atoms with Crippen LogP contribution < -0.4 is 15.0 Å². The first kappa shape index (κ1) is 18.5. The van der Waals surface area contributed by atoms with Crippen LogP contribution in [-0.4, -0.2) is 50.1 Å². The molecule has 0 saturated carbocycles. The van der Waals surface area contributed by atoms with Crippen LogP contribution in [0, 0.1) is 0 Å². The molecule has 0 aromatic heterocycles. The second-order valence-corrected chi connectivity index (χ2v) is 6.98. The topological polar surface area (TPSA) is 44.8 Å². The number of carbonyl (C=O) groups excluding carboxylic acids is 1. The molecule has 1 fully saturated rings. The molecule has 2 aromatic rings. The van der Waals surface area contributed by atoms with Gasteiger partial charge < -0.3 is 19.9 Å². The number of anilines is 2. The number of piperazine rings is 1. The van der Waals surface area contributed by atoms with Gasteiger partial charge in [0, 0.05) is 42.6 Å². The second-order valence-electron chi connectivity index (χ2n) is 6.54. The fourth-order valence-electron chi connectivity index (χ4n) is 2.83. The van der Waals surface area contributed by atoms with Crippen molar-refractivity contribution in [2.24, 2.45) is 0 Å². The summed E-state index contributed by atoms with van der Waals surface area (Å²) in [5, 5.41) is 3.53. The fraction of sp³-hybridized carbons (Fsp3) is 0.350. The number of hydrogen-bond donors (Lipinski definition) is 1. The highest BCUT2D eigenvalue weighted by molar-refractivity contribution is 6.30. The number of likely N-dealkylation sites (N-methyl/N-ethyl adjacent to an activating group) is 1. The molecule has 0 spiro atoms. The molecular formula is C20H24ClN3O2. The average molecular weight is 374 g/mol. The third kappa shape index (κ3) is 4.90. The summed E-state index contributed by atoms with van der Waals surface area (Å²) in [7, 11) is 2.14. The number of nitrogens with one attached hydrogen (secondary N) is 1. The first-order valence-electron chi connectivity index (χ1n) is 8.78. The predicted molar refractivity (Wildman–Crippen MR) is 106 cm³/mol. The number of rotatable bonds is 5. The van der Waals surface area contributed by atoms with Crippen molar-refractivity contribution in [1.29, 1.82) is 0 Å². The quantitative estimate of drug-likeness (QED) is 0.871. The highest BCUT2D eigenvalue weighted by Crippen LogP contribution is 2.20. The van der Waals surface area contributed by atoms with E-state index >= 15 is 0 Å². The summed E-state index contributed by atoms with van der Waals surface area (Å²) in [5.74, 6) is 0.426. The molecule has 1 aliphatic heterocycles. The summed E-state index contributed by atoms with van der Waals surface area (Å²) in [4.78, 5) is 17.0. The number of carbonyl (C=O) groups is 1. The van der Waals surface area contributed by atoms with E-state index in [4.69, 9.17) is 16.3 Å². The van der Waals surface area contributed by atoms with Gasteiger partial charge >= 0.3 is 0 Å². The lowest BCUT2D eigenvalue weighted by atomic mass is 10.2. The lowest BCUT2D eigenvalue weighted by molar-refractivity contribution is -0.122. The Morgan fingerprint density at radius 3 is 2.27 bits per heavy atom. The Hall–Kier alpha value is -2.24. The molecule has 3 rings (SSSR count). The summed E-state index contributed by atoms with van der Waals surface area (Å²) in [6.07, 6.45) is -0.603. The van der Waals surface area contributed by atoms with E-state index in [1.807, 2.05) is 24.3 Å². The van der Waals surface area contributed by atoms with E-state index in [0.29, 0.717) is 10.8 Å². The summed E-state index contributed by atoms with van der Waals surface area (Å²) in [6, 6.07) is 14.9. The van der Waals surface area contributed by atoms with Crippen LogP contribution >= 0.6 is 11.6 Å². The molecule has 0 unspecified atom stereocenters. The lowest BCUT2D eigenvalue weighted by Crippen LogP contribution is -2.44. The molecule has 0 bridgehead atoms. The Labute approximate surface area is 159 Å². The van der Waals surface area contributed by atoms with Crippen LogP contribution in [0.15, 0.2) is 48.5 Å². The first-order valence-corrected chi connectivity index (χ1v) is 9.16. The number of halogens is 1. The zero-order valence-corrected chi connectivity index (χ0v) is 15.9. The highest BCUT2D eigenvalue weighted by atomic mass is 35.5. The van der Waals surface area contributed by atoms with Crippen molar-refractivity contribution >= 4 is 28.9 Å². The Bertz CT molecular complexity index is 726. The lowest BCUT2D eigenvalue weighted by Gasteiger charge is -2.34. The van der Waals surface area contributed by atoms with Gasteiger partial charge in [0.15, 0.2) is 6.10 Å². The van der Waals surface area contributed by atoms with Crippen LogP contribution in [0.25, 0.3) is 0 Å². The molecule has 0 aliphatic carbocycles. The maximum atomic E-state index is 12.3. The second kappa shape index (κ2) is 8.43. The van der Waals surface area contributed by atoms with Gasteiger partial charge in [0.25, 0.3) is 5.91 Å². The van der Waals surface area contributed by atoms with Crippen LogP contribution in [0.1, 0.15) is 6.92 Å². The van der Waals surface area contributed by atoms with Gasteiger partial charge in [0.1, 0.15) is 5.75 Å². The number of benzene rings is 2. The van der Waals surface area contributed by atoms with Crippen molar-refractivity contribution in [3.8, 4) is 5.75 Å². The minimum atomic E-state index is -0.603. The average Bonchev–Trinajstić information content (AvgIpc) is 2.65. The third-order valence-electron chi connectivity index (χ3n) is 4.50. The van der Waals surface area contributed by atoms with Gasteiger partial charge in [-0.15, -0.1) is 0 Å². The van der Waals surface area contributed by atoms with E-state index < -0.39 is 6.10 Å². The van der Waals surface area contributed by atoms with Gasteiger partial charge in [-0.25, -0.2) is 0 Å². The van der Waals surface area contributed by atoms with Crippen molar-refractivity contribution in [3.63, 3.8) is 0 Å². The summed E-state index contributed by atoms with van der Waals surface area (Å²) in [5.41, 5.74) is 1.95. The maximum absolute atomic E-state index is 12.3. The van der Waals surface area contributed by atoms with Crippen LogP contribution in [0.3, 0.4) is 0 Å². The summed E-state index contributed by atoms with van der Waals surface area (Å²) >= 11 is 5.85. The molecule has 1 aliphatic rings. The Balaban J connectivity index is 1.54. The fourth-order valence-corrected chi connectivity index (χ4v) is 2.96. The van der Waals surface area contributed by atoms with E-state index in [9.17, 15) is 4.79 Å². The number of amides is 1. The van der Waals surface area contributed by atoms with Gasteiger partial charge in [-0.2, -0.15) is 0 Å². The van der Waals surface area contributed by atoms with E-state index in [1.54, 1.807) is 31.2 Å². The minimum absolute atomic E-state index is 0.188. The summed E-state index contributed by atoms with van der Waals surface area (Å²) < 4.78 is 5.65. The predicted octanol–water partition coefficient (Wildman–Crippen LogP) is 3.50. The third-order valence-corrected chi connectivity index (χ3v) is 4.75. The van der Waals surface area contributed by atoms with Gasteiger partial charge in [-0.1, -0.05) is 11.6 Å². The zero-order chi connectivity index (χ0) is 18.5. The van der Waals surface area contributed by atoms with Crippen molar-refractivity contribution in [1.82, 2.24) is 4.90 Å². The normalized spacial score (nSPS) is 16.2. The summed E-state index contributed by atoms with van der Waals surface area (Å²) in [6.45, 7) is 5.90. The smallest absolute Gasteiger partial charge is 0.265 e. The van der Waals surface area contributed by atoms with Crippen molar-refractivity contribution in [2.45, 2.75) is 13.0 Å². The molecule has 6 heteroatoms. The number of nitrogens with zero attached hydrogens (tertiary/aromatic N) is 2. The van der Waals surface area contributed by atoms with Gasteiger partial charge in [0.05, 0.1) is 0 Å². The Morgan fingerprint density at radius 1 is 1.04 bits per heavy atom. The molecule has 2 aromatic carbocycles. The van der Waals surface area contributed by atoms with Gasteiger partial charge in [0.2, 0.25) is 0 Å². The Morgan fingerprint density at radius 2 is 1.65 bits per heavy atom. The van der Waals surface area contributed by atoms with Crippen molar-refractivity contribution < 1.29 is 9.53 Å². The van der Waals surface area contributed by atoms with E-state index in [1.165, 1.54) is 5.69 Å². The molecular weight excluding hydrogens is 350 g/mol. The minimum Gasteiger partial charge on any atom is -0.481 e. The Kier molecular flexibility index (Phi) is 6.01. The van der Waals surface area contributed by atoms with Crippen LogP contribution in [0.2, 0.25) is 5.02 Å². The number of hydrogen-bond acceptors (Lipinski definition) is 4. The zero-order valence-electron chi connectivity index (χ0n) is 15.1. The van der Waals surface area contributed by atoms with Crippen molar-refractivity contribution in [3.05, 3.63) is 53.6 Å². The molecule has 1 heterocycles. The largest absolute Gasteiger partial charge is 0.481 e. The molecule has 138 valence electrons. The monoisotopic (exact) mass is 373 g/mol. The van der Waals surface area contributed by atoms with Gasteiger partial charge in [-0.3, -0.25) is 4.79 Å². The van der Waals surface area contributed by atoms with Crippen LogP contribution in [-0.2, 0) is 4.79 Å². The highest BCUT2D eigenvalue weighted by Gasteiger charge is 2.16. The van der Waals surface area contributed by atoms with Crippen LogP contribution in [0.5, 0.6) is 5.75 Å². The maximum Gasteiger partial charge on any atom is 0.265 e. The molecule has 1 atom stereocenters. The standard InChI is InChI=1S/C20H24ClN3O2/c1-15(26-19-9-3-16(21)4-10-19)20(25)22-17-5-7-18(8-6-17)24-13-11-23(2)12-14-24/h3-10,15H,11-14H2,1-2H3,(H,22,25)/t15-/m0/s1. The SMILES string of the molecule is C[C@H](Oc1ccc(Cl)cc1)C(=O)Nc1ccc(N2CCN(C)CC2)cc1. The molecule has 1 saturated heterocycles. The van der Waals surface area contributed by atoms with E-state index in [0.717, 1.165) is 31.9 Å². The van der Waals surface area contributed by atoms with Gasteiger partial charge in [-0.05, 0) is 62.5 Å². The first-order chi connectivity index (χ1) is 12.5. The molecule has 1 N–H and O–H groups in total. The van der Waals surface area contributed by atoms with Crippen molar-refractivity contribution in [2.75, 3.05) is 43.4 Å². The van der Waals surface area contributed by atoms with E-state index in [-0.39, 0.29) is 5.91 Å². The molecule has 0 radical (unpaired) electrons. The van der Waals surface area contributed by atoms with Crippen LogP contribution in [0.4, 0.5) is 11.4 Å². The number of ether oxygens (including phenoxy) is 1. The molecule has 26 heavy (non-hydrogen) atoms. The van der Waals surface area contributed by atoms with E-state index in [2.05, 4.69) is 22.2 Å². The molecule has 1 amide bonds. The molecule has 5 nitrogen and oxygen atoms in total.